The fourth-order valence-corrected chi connectivity index (χ4v) is 1.82. The minimum atomic E-state index is 0.887. The molecule has 0 unspecified atom stereocenters. The normalized spacial score (nSPS) is 10.4. The Morgan fingerprint density at radius 1 is 1.19 bits per heavy atom. The van der Waals surface area contributed by atoms with Crippen LogP contribution < -0.4 is 4.90 Å². The second-order valence-electron chi connectivity index (χ2n) is 4.10. The van der Waals surface area contributed by atoms with Crippen molar-refractivity contribution < 1.29 is 0 Å². The largest absolute Gasteiger partial charge is 0.370 e. The number of aromatic nitrogens is 2. The monoisotopic (exact) mass is 215 g/mol. The zero-order chi connectivity index (χ0) is 11.5. The second kappa shape index (κ2) is 4.39. The molecular weight excluding hydrogens is 198 g/mol. The maximum absolute atomic E-state index is 4.21. The molecule has 0 amide bonds. The minimum Gasteiger partial charge on any atom is -0.370 e. The van der Waals surface area contributed by atoms with Gasteiger partial charge in [-0.1, -0.05) is 18.2 Å². The van der Waals surface area contributed by atoms with Crippen LogP contribution in [-0.2, 0) is 6.54 Å². The highest BCUT2D eigenvalue weighted by Gasteiger charge is 2.09. The van der Waals surface area contributed by atoms with Crippen LogP contribution in [0, 0.1) is 13.8 Å². The van der Waals surface area contributed by atoms with Gasteiger partial charge in [-0.05, 0) is 26.0 Å². The Kier molecular flexibility index (Phi) is 2.95. The van der Waals surface area contributed by atoms with Crippen LogP contribution >= 0.6 is 0 Å². The van der Waals surface area contributed by atoms with Crippen molar-refractivity contribution in [1.29, 1.82) is 0 Å². The molecule has 2 rings (SSSR count). The Labute approximate surface area is 96.1 Å². The number of H-pyrrole nitrogens is 1. The zero-order valence-electron chi connectivity index (χ0n) is 9.99. The minimum absolute atomic E-state index is 0.887. The maximum atomic E-state index is 4.21. The molecule has 0 atom stereocenters. The number of para-hydroxylation sites is 1. The molecule has 0 aliphatic carbocycles. The van der Waals surface area contributed by atoms with Gasteiger partial charge < -0.3 is 4.90 Å². The van der Waals surface area contributed by atoms with Gasteiger partial charge >= 0.3 is 0 Å². The van der Waals surface area contributed by atoms with Crippen LogP contribution in [0.25, 0.3) is 0 Å². The molecule has 1 N–H and O–H groups in total. The first-order valence-electron chi connectivity index (χ1n) is 5.45. The van der Waals surface area contributed by atoms with E-state index in [0.717, 1.165) is 17.9 Å². The molecule has 0 saturated heterocycles. The van der Waals surface area contributed by atoms with Crippen molar-refractivity contribution in [3.05, 3.63) is 47.3 Å². The summed E-state index contributed by atoms with van der Waals surface area (Å²) in [5.74, 6) is 0. The predicted molar refractivity (Wildman–Crippen MR) is 66.6 cm³/mol. The first-order valence-corrected chi connectivity index (χ1v) is 5.45. The number of hydrogen-bond donors (Lipinski definition) is 1. The van der Waals surface area contributed by atoms with E-state index in [4.69, 9.17) is 0 Å². The van der Waals surface area contributed by atoms with Gasteiger partial charge in [-0.2, -0.15) is 5.10 Å². The van der Waals surface area contributed by atoms with Crippen LogP contribution in [0.4, 0.5) is 5.69 Å². The van der Waals surface area contributed by atoms with Gasteiger partial charge in [0, 0.05) is 30.5 Å². The van der Waals surface area contributed by atoms with Crippen LogP contribution in [0.3, 0.4) is 0 Å². The van der Waals surface area contributed by atoms with E-state index in [1.807, 2.05) is 13.0 Å². The van der Waals surface area contributed by atoms with Crippen molar-refractivity contribution in [1.82, 2.24) is 10.2 Å². The smallest absolute Gasteiger partial charge is 0.0643 e. The number of hydrogen-bond acceptors (Lipinski definition) is 2. The fourth-order valence-electron chi connectivity index (χ4n) is 1.82. The third-order valence-corrected chi connectivity index (χ3v) is 2.87. The van der Waals surface area contributed by atoms with Crippen molar-refractivity contribution >= 4 is 5.69 Å². The molecule has 3 nitrogen and oxygen atoms in total. The molecule has 84 valence electrons. The molecule has 2 aromatic rings. The lowest BCUT2D eigenvalue weighted by molar-refractivity contribution is 0.907. The molecule has 16 heavy (non-hydrogen) atoms. The lowest BCUT2D eigenvalue weighted by atomic mass is 10.2. The molecule has 1 aromatic heterocycles. The Bertz CT molecular complexity index is 440. The Morgan fingerprint density at radius 3 is 2.44 bits per heavy atom. The number of aromatic amines is 1. The summed E-state index contributed by atoms with van der Waals surface area (Å²) in [4.78, 5) is 2.23. The summed E-state index contributed by atoms with van der Waals surface area (Å²) in [6, 6.07) is 10.4. The quantitative estimate of drug-likeness (QED) is 0.853. The number of anilines is 1. The summed E-state index contributed by atoms with van der Waals surface area (Å²) in [6.07, 6.45) is 0. The summed E-state index contributed by atoms with van der Waals surface area (Å²) >= 11 is 0. The highest BCUT2D eigenvalue weighted by Crippen LogP contribution is 2.17. The summed E-state index contributed by atoms with van der Waals surface area (Å²) in [6.45, 7) is 4.99. The molecule has 0 radical (unpaired) electrons. The predicted octanol–water partition coefficient (Wildman–Crippen LogP) is 2.66. The van der Waals surface area contributed by atoms with Gasteiger partial charge in [0.1, 0.15) is 0 Å². The van der Waals surface area contributed by atoms with Crippen LogP contribution in [0.15, 0.2) is 30.3 Å². The SMILES string of the molecule is Cc1n[nH]c(C)c1CN(C)c1ccccc1. The summed E-state index contributed by atoms with van der Waals surface area (Å²) < 4.78 is 0. The Balaban J connectivity index is 2.17. The van der Waals surface area contributed by atoms with E-state index in [1.165, 1.54) is 11.3 Å². The number of nitrogens with zero attached hydrogens (tertiary/aromatic N) is 2. The molecule has 0 aliphatic rings. The summed E-state index contributed by atoms with van der Waals surface area (Å²) in [5.41, 5.74) is 4.74. The molecule has 1 aromatic carbocycles. The molecule has 0 fully saturated rings. The molecule has 0 saturated carbocycles. The van der Waals surface area contributed by atoms with E-state index in [-0.39, 0.29) is 0 Å². The standard InChI is InChI=1S/C13H17N3/c1-10-13(11(2)15-14-10)9-16(3)12-7-5-4-6-8-12/h4-8H,9H2,1-3H3,(H,14,15). The number of rotatable bonds is 3. The number of benzene rings is 1. The van der Waals surface area contributed by atoms with E-state index in [0.29, 0.717) is 0 Å². The van der Waals surface area contributed by atoms with Crippen molar-refractivity contribution in [3.63, 3.8) is 0 Å². The van der Waals surface area contributed by atoms with Crippen LogP contribution in [0.1, 0.15) is 17.0 Å². The van der Waals surface area contributed by atoms with Gasteiger partial charge in [0.25, 0.3) is 0 Å². The van der Waals surface area contributed by atoms with Gasteiger partial charge in [0.05, 0.1) is 5.69 Å². The second-order valence-corrected chi connectivity index (χ2v) is 4.10. The first-order chi connectivity index (χ1) is 7.68. The van der Waals surface area contributed by atoms with E-state index in [9.17, 15) is 0 Å². The highest BCUT2D eigenvalue weighted by molar-refractivity contribution is 5.46. The van der Waals surface area contributed by atoms with Crippen LogP contribution in [0.5, 0.6) is 0 Å². The molecule has 1 heterocycles. The topological polar surface area (TPSA) is 31.9 Å². The van der Waals surface area contributed by atoms with Crippen molar-refractivity contribution in [2.45, 2.75) is 20.4 Å². The third-order valence-electron chi connectivity index (χ3n) is 2.87. The average molecular weight is 215 g/mol. The number of nitrogens with one attached hydrogen (secondary N) is 1. The third kappa shape index (κ3) is 2.08. The molecule has 0 aliphatic heterocycles. The highest BCUT2D eigenvalue weighted by atomic mass is 15.1. The Hall–Kier alpha value is -1.77. The van der Waals surface area contributed by atoms with E-state index < -0.39 is 0 Å². The molecule has 0 spiro atoms. The van der Waals surface area contributed by atoms with Gasteiger partial charge in [-0.15, -0.1) is 0 Å². The number of aryl methyl sites for hydroxylation is 2. The van der Waals surface area contributed by atoms with Gasteiger partial charge in [0.15, 0.2) is 0 Å². The van der Waals surface area contributed by atoms with Gasteiger partial charge in [-0.3, -0.25) is 5.10 Å². The van der Waals surface area contributed by atoms with Gasteiger partial charge in [-0.25, -0.2) is 0 Å². The first kappa shape index (κ1) is 10.7. The zero-order valence-corrected chi connectivity index (χ0v) is 9.99. The van der Waals surface area contributed by atoms with Crippen molar-refractivity contribution in [2.24, 2.45) is 0 Å². The molecular formula is C13H17N3. The molecule has 0 bridgehead atoms. The lowest BCUT2D eigenvalue weighted by Crippen LogP contribution is -2.17. The summed E-state index contributed by atoms with van der Waals surface area (Å²) in [7, 11) is 2.10. The molecule has 3 heteroatoms. The van der Waals surface area contributed by atoms with Crippen molar-refractivity contribution in [3.8, 4) is 0 Å². The van der Waals surface area contributed by atoms with Crippen molar-refractivity contribution in [2.75, 3.05) is 11.9 Å². The summed E-state index contributed by atoms with van der Waals surface area (Å²) in [5, 5.41) is 7.23. The Morgan fingerprint density at radius 2 is 1.88 bits per heavy atom. The van der Waals surface area contributed by atoms with Gasteiger partial charge in [0.2, 0.25) is 0 Å². The average Bonchev–Trinajstić information content (AvgIpc) is 2.62. The van der Waals surface area contributed by atoms with E-state index >= 15 is 0 Å². The van der Waals surface area contributed by atoms with E-state index in [1.54, 1.807) is 0 Å². The maximum Gasteiger partial charge on any atom is 0.0643 e. The lowest BCUT2D eigenvalue weighted by Gasteiger charge is -2.19. The van der Waals surface area contributed by atoms with Crippen LogP contribution in [0.2, 0.25) is 0 Å². The van der Waals surface area contributed by atoms with E-state index in [2.05, 4.69) is 53.3 Å². The fraction of sp³-hybridized carbons (Fsp3) is 0.308. The van der Waals surface area contributed by atoms with Crippen LogP contribution in [-0.4, -0.2) is 17.2 Å².